The summed E-state index contributed by atoms with van der Waals surface area (Å²) >= 11 is 0. The maximum absolute atomic E-state index is 14.0. The summed E-state index contributed by atoms with van der Waals surface area (Å²) in [4.78, 5) is 0. The van der Waals surface area contributed by atoms with Crippen LogP contribution in [0.15, 0.2) is 48.5 Å². The first-order valence-electron chi connectivity index (χ1n) is 6.95. The van der Waals surface area contributed by atoms with Gasteiger partial charge in [0.25, 0.3) is 0 Å². The Kier molecular flexibility index (Phi) is 5.81. The van der Waals surface area contributed by atoms with Crippen LogP contribution in [0, 0.1) is 0 Å². The Labute approximate surface area is 126 Å². The Morgan fingerprint density at radius 3 is 2.27 bits per heavy atom. The first-order valence-corrected chi connectivity index (χ1v) is 6.95. The van der Waals surface area contributed by atoms with Gasteiger partial charge in [-0.15, -0.1) is 0 Å². The average Bonchev–Trinajstić information content (AvgIpc) is 2.53. The van der Waals surface area contributed by atoms with E-state index >= 15 is 0 Å². The van der Waals surface area contributed by atoms with Crippen LogP contribution in [0.3, 0.4) is 0 Å². The van der Waals surface area contributed by atoms with Gasteiger partial charge in [-0.2, -0.15) is 8.78 Å². The molecule has 0 saturated heterocycles. The molecular formula is C17H16F4O. The highest BCUT2D eigenvalue weighted by Gasteiger charge is 2.11. The van der Waals surface area contributed by atoms with E-state index in [1.165, 1.54) is 12.1 Å². The molecule has 0 bridgehead atoms. The highest BCUT2D eigenvalue weighted by atomic mass is 19.3. The van der Waals surface area contributed by atoms with E-state index in [1.807, 2.05) is 0 Å². The van der Waals surface area contributed by atoms with Gasteiger partial charge in [-0.1, -0.05) is 30.3 Å². The summed E-state index contributed by atoms with van der Waals surface area (Å²) in [6.45, 7) is -3.40. The van der Waals surface area contributed by atoms with Crippen molar-refractivity contribution in [2.24, 2.45) is 0 Å². The van der Waals surface area contributed by atoms with Gasteiger partial charge >= 0.3 is 6.61 Å². The standard InChI is InChI=1S/C17H16F4O/c18-10-2-5-16(19)14-4-1-3-13(11-14)12-6-8-15(9-7-12)22-17(20)21/h1,3-4,6-9,11,16-17H,2,5,10H2. The zero-order valence-electron chi connectivity index (χ0n) is 11.8. The summed E-state index contributed by atoms with van der Waals surface area (Å²) in [5.74, 6) is 0.0706. The fourth-order valence-corrected chi connectivity index (χ4v) is 2.16. The molecule has 2 aromatic rings. The van der Waals surface area contributed by atoms with E-state index in [9.17, 15) is 17.6 Å². The molecule has 2 aromatic carbocycles. The van der Waals surface area contributed by atoms with E-state index in [-0.39, 0.29) is 18.6 Å². The van der Waals surface area contributed by atoms with Crippen LogP contribution in [0.4, 0.5) is 17.6 Å². The predicted molar refractivity (Wildman–Crippen MR) is 77.6 cm³/mol. The lowest BCUT2D eigenvalue weighted by Crippen LogP contribution is -2.01. The third-order valence-electron chi connectivity index (χ3n) is 3.25. The summed E-state index contributed by atoms with van der Waals surface area (Å²) in [5, 5.41) is 0. The molecular weight excluding hydrogens is 296 g/mol. The molecule has 1 atom stereocenters. The van der Waals surface area contributed by atoms with E-state index in [1.54, 1.807) is 36.4 Å². The van der Waals surface area contributed by atoms with Crippen molar-refractivity contribution in [2.45, 2.75) is 25.6 Å². The first-order chi connectivity index (χ1) is 10.6. The second-order valence-corrected chi connectivity index (χ2v) is 4.83. The summed E-state index contributed by atoms with van der Waals surface area (Å²) in [5.41, 5.74) is 2.02. The number of hydrogen-bond acceptors (Lipinski definition) is 1. The van der Waals surface area contributed by atoms with Crippen molar-refractivity contribution in [1.29, 1.82) is 0 Å². The van der Waals surface area contributed by atoms with E-state index in [0.717, 1.165) is 11.1 Å². The van der Waals surface area contributed by atoms with Gasteiger partial charge in [-0.25, -0.2) is 4.39 Å². The van der Waals surface area contributed by atoms with E-state index in [0.29, 0.717) is 5.56 Å². The monoisotopic (exact) mass is 312 g/mol. The molecule has 0 aliphatic carbocycles. The highest BCUT2D eigenvalue weighted by Crippen LogP contribution is 2.29. The molecule has 0 amide bonds. The van der Waals surface area contributed by atoms with Gasteiger partial charge in [0.1, 0.15) is 11.9 Å². The molecule has 1 nitrogen and oxygen atoms in total. The summed E-state index contributed by atoms with van der Waals surface area (Å²) in [6.07, 6.45) is -0.885. The Hall–Kier alpha value is -2.04. The molecule has 5 heteroatoms. The van der Waals surface area contributed by atoms with Gasteiger partial charge in [0, 0.05) is 0 Å². The van der Waals surface area contributed by atoms with Crippen molar-refractivity contribution >= 4 is 0 Å². The molecule has 2 rings (SSSR count). The second kappa shape index (κ2) is 7.82. The molecule has 118 valence electrons. The summed E-state index contributed by atoms with van der Waals surface area (Å²) in [6, 6.07) is 13.0. The normalized spacial score (nSPS) is 12.4. The largest absolute Gasteiger partial charge is 0.435 e. The zero-order chi connectivity index (χ0) is 15.9. The number of ether oxygens (including phenoxy) is 1. The van der Waals surface area contributed by atoms with Crippen molar-refractivity contribution in [2.75, 3.05) is 6.67 Å². The van der Waals surface area contributed by atoms with Crippen LogP contribution < -0.4 is 4.74 Å². The van der Waals surface area contributed by atoms with Gasteiger partial charge in [-0.05, 0) is 47.7 Å². The van der Waals surface area contributed by atoms with Gasteiger partial charge in [-0.3, -0.25) is 4.39 Å². The molecule has 0 aliphatic rings. The minimum atomic E-state index is -2.86. The molecule has 0 aliphatic heterocycles. The van der Waals surface area contributed by atoms with Gasteiger partial charge in [0.05, 0.1) is 6.67 Å². The van der Waals surface area contributed by atoms with Crippen LogP contribution in [-0.4, -0.2) is 13.3 Å². The van der Waals surface area contributed by atoms with Crippen LogP contribution in [0.1, 0.15) is 24.6 Å². The molecule has 0 saturated carbocycles. The lowest BCUT2D eigenvalue weighted by molar-refractivity contribution is -0.0498. The quantitative estimate of drug-likeness (QED) is 0.595. The van der Waals surface area contributed by atoms with Gasteiger partial charge in [0.2, 0.25) is 0 Å². The van der Waals surface area contributed by atoms with Gasteiger partial charge in [0.15, 0.2) is 0 Å². The number of halogens is 4. The van der Waals surface area contributed by atoms with Crippen molar-refractivity contribution in [3.05, 3.63) is 54.1 Å². The van der Waals surface area contributed by atoms with E-state index < -0.39 is 19.5 Å². The van der Waals surface area contributed by atoms with Crippen molar-refractivity contribution in [3.8, 4) is 16.9 Å². The van der Waals surface area contributed by atoms with Crippen molar-refractivity contribution in [1.82, 2.24) is 0 Å². The van der Waals surface area contributed by atoms with Crippen LogP contribution in [-0.2, 0) is 0 Å². The van der Waals surface area contributed by atoms with Crippen LogP contribution in [0.25, 0.3) is 11.1 Å². The maximum atomic E-state index is 14.0. The highest BCUT2D eigenvalue weighted by molar-refractivity contribution is 5.65. The topological polar surface area (TPSA) is 9.23 Å². The Bertz CT molecular complexity index is 583. The fourth-order valence-electron chi connectivity index (χ4n) is 2.16. The van der Waals surface area contributed by atoms with Crippen LogP contribution in [0.5, 0.6) is 5.75 Å². The smallest absolute Gasteiger partial charge is 0.387 e. The molecule has 0 N–H and O–H groups in total. The van der Waals surface area contributed by atoms with Crippen molar-refractivity contribution < 1.29 is 22.3 Å². The Morgan fingerprint density at radius 1 is 0.909 bits per heavy atom. The third-order valence-corrected chi connectivity index (χ3v) is 3.25. The van der Waals surface area contributed by atoms with E-state index in [2.05, 4.69) is 4.74 Å². The SMILES string of the molecule is FCCCC(F)c1cccc(-c2ccc(OC(F)F)cc2)c1. The first kappa shape index (κ1) is 16.3. The molecule has 0 spiro atoms. The minimum absolute atomic E-state index is 0.0706. The Morgan fingerprint density at radius 2 is 1.64 bits per heavy atom. The number of hydrogen-bond donors (Lipinski definition) is 0. The molecule has 22 heavy (non-hydrogen) atoms. The number of benzene rings is 2. The lowest BCUT2D eigenvalue weighted by Gasteiger charge is -2.10. The molecule has 0 fully saturated rings. The number of alkyl halides is 4. The summed E-state index contributed by atoms with van der Waals surface area (Å²) < 4.78 is 54.5. The van der Waals surface area contributed by atoms with Crippen LogP contribution in [0.2, 0.25) is 0 Å². The molecule has 1 unspecified atom stereocenters. The lowest BCUT2D eigenvalue weighted by atomic mass is 9.99. The second-order valence-electron chi connectivity index (χ2n) is 4.83. The molecule has 0 aromatic heterocycles. The minimum Gasteiger partial charge on any atom is -0.435 e. The van der Waals surface area contributed by atoms with Gasteiger partial charge < -0.3 is 4.74 Å². The third kappa shape index (κ3) is 4.48. The van der Waals surface area contributed by atoms with Crippen molar-refractivity contribution in [3.63, 3.8) is 0 Å². The zero-order valence-corrected chi connectivity index (χ0v) is 11.8. The summed E-state index contributed by atoms with van der Waals surface area (Å²) in [7, 11) is 0. The molecule has 0 radical (unpaired) electrons. The van der Waals surface area contributed by atoms with Crippen LogP contribution >= 0.6 is 0 Å². The average molecular weight is 312 g/mol. The molecule has 0 heterocycles. The number of rotatable bonds is 7. The van der Waals surface area contributed by atoms with E-state index in [4.69, 9.17) is 0 Å². The Balaban J connectivity index is 2.15. The maximum Gasteiger partial charge on any atom is 0.387 e. The fraction of sp³-hybridized carbons (Fsp3) is 0.294. The predicted octanol–water partition coefficient (Wildman–Crippen LogP) is 5.72.